The van der Waals surface area contributed by atoms with Crippen LogP contribution in [0.5, 0.6) is 5.75 Å². The number of aromatic hydroxyl groups is 1. The van der Waals surface area contributed by atoms with Crippen LogP contribution in [0.1, 0.15) is 104 Å². The molecular formula is C67H62N3O2Pt-. The molecule has 73 heavy (non-hydrogen) atoms. The summed E-state index contributed by atoms with van der Waals surface area (Å²) in [5.41, 5.74) is 15.1. The largest absolute Gasteiger partial charge is 0.507 e. The van der Waals surface area contributed by atoms with Crippen LogP contribution in [0.3, 0.4) is 0 Å². The Kier molecular flexibility index (Phi) is 12.3. The average Bonchev–Trinajstić information content (AvgIpc) is 3.93. The third kappa shape index (κ3) is 8.80. The number of imidazole rings is 1. The van der Waals surface area contributed by atoms with E-state index in [2.05, 4.69) is 245 Å². The van der Waals surface area contributed by atoms with Crippen molar-refractivity contribution in [3.63, 3.8) is 0 Å². The summed E-state index contributed by atoms with van der Waals surface area (Å²) in [5, 5.41) is 16.9. The smallest absolute Gasteiger partial charge is 0.148 e. The van der Waals surface area contributed by atoms with Crippen LogP contribution in [0.15, 0.2) is 174 Å². The zero-order chi connectivity index (χ0) is 50.5. The second-order valence-electron chi connectivity index (χ2n) is 23.2. The van der Waals surface area contributed by atoms with Gasteiger partial charge in [-0.15, -0.1) is 29.3 Å². The number of aromatic nitrogens is 3. The Morgan fingerprint density at radius 3 is 1.85 bits per heavy atom. The van der Waals surface area contributed by atoms with E-state index in [0.29, 0.717) is 11.4 Å². The molecule has 5 nitrogen and oxygen atoms in total. The molecule has 0 amide bonds. The quantitative estimate of drug-likeness (QED) is 0.162. The maximum absolute atomic E-state index is 12.7. The Hall–Kier alpha value is -7.07. The van der Waals surface area contributed by atoms with Gasteiger partial charge in [-0.05, 0) is 91.7 Å². The summed E-state index contributed by atoms with van der Waals surface area (Å²) in [6, 6.07) is 62.2. The zero-order valence-electron chi connectivity index (χ0n) is 43.7. The number of pyridine rings is 1. The first-order chi connectivity index (χ1) is 34.3. The molecule has 0 aliphatic heterocycles. The van der Waals surface area contributed by atoms with E-state index >= 15 is 0 Å². The molecule has 0 aliphatic carbocycles. The van der Waals surface area contributed by atoms with Crippen LogP contribution in [-0.2, 0) is 42.7 Å². The summed E-state index contributed by atoms with van der Waals surface area (Å²) in [4.78, 5) is 10.9. The van der Waals surface area contributed by atoms with Crippen molar-refractivity contribution in [1.29, 1.82) is 0 Å². The molecule has 0 spiro atoms. The van der Waals surface area contributed by atoms with Crippen molar-refractivity contribution in [2.24, 2.45) is 0 Å². The van der Waals surface area contributed by atoms with E-state index in [1.54, 1.807) is 0 Å². The van der Waals surface area contributed by atoms with Crippen LogP contribution in [0.2, 0.25) is 0 Å². The average molecular weight is 1140 g/mol. The Bertz CT molecular complexity index is 3900. The minimum atomic E-state index is -0.414. The molecule has 0 bridgehead atoms. The van der Waals surface area contributed by atoms with E-state index in [4.69, 9.17) is 14.4 Å². The van der Waals surface area contributed by atoms with Gasteiger partial charge < -0.3 is 9.52 Å². The SMILES string of the molecule is CC(C)(C)c1ccc(-n2c(-c3cc(C(C)(C)C)cc(C(C)(C)C)c3O)nc3c(-c4[c-]c(-c5nccc6oc7cc8ccccc8cc7c56)cc(C(C)(C)c5ccccc5)c4)cccc32)c(-c2ccccc2)c1.[Pt]. The van der Waals surface area contributed by atoms with Gasteiger partial charge in [0, 0.05) is 60.3 Å². The molecule has 8 aromatic carbocycles. The number of rotatable bonds is 7. The van der Waals surface area contributed by atoms with Crippen molar-refractivity contribution in [1.82, 2.24) is 14.5 Å². The summed E-state index contributed by atoms with van der Waals surface area (Å²) in [6.07, 6.45) is 1.84. The molecule has 0 aliphatic rings. The van der Waals surface area contributed by atoms with Gasteiger partial charge in [-0.25, -0.2) is 4.98 Å². The summed E-state index contributed by atoms with van der Waals surface area (Å²) < 4.78 is 8.89. The molecule has 0 saturated carbocycles. The number of fused-ring (bicyclic) bond motifs is 5. The van der Waals surface area contributed by atoms with Crippen molar-refractivity contribution in [3.8, 4) is 56.3 Å². The fraction of sp³-hybridized carbons (Fsp3) is 0.224. The van der Waals surface area contributed by atoms with Crippen LogP contribution >= 0.6 is 0 Å². The van der Waals surface area contributed by atoms with Gasteiger partial charge in [-0.3, -0.25) is 9.55 Å². The van der Waals surface area contributed by atoms with Gasteiger partial charge in [0.1, 0.15) is 22.7 Å². The molecular weight excluding hydrogens is 1070 g/mol. The molecule has 1 N–H and O–H groups in total. The number of hydrogen-bond donors (Lipinski definition) is 1. The van der Waals surface area contributed by atoms with Gasteiger partial charge in [0.25, 0.3) is 0 Å². The number of para-hydroxylation sites is 1. The Morgan fingerprint density at radius 2 is 1.16 bits per heavy atom. The molecule has 0 unspecified atom stereocenters. The van der Waals surface area contributed by atoms with Crippen LogP contribution < -0.4 is 0 Å². The molecule has 368 valence electrons. The number of phenols is 1. The van der Waals surface area contributed by atoms with Crippen LogP contribution in [0.25, 0.3) is 94.3 Å². The number of nitrogens with zero attached hydrogens (tertiary/aromatic N) is 3. The molecule has 0 atom stereocenters. The molecule has 6 heteroatoms. The summed E-state index contributed by atoms with van der Waals surface area (Å²) in [5.74, 6) is 0.901. The van der Waals surface area contributed by atoms with Crippen LogP contribution in [-0.4, -0.2) is 19.6 Å². The number of phenolic OH excluding ortho intramolecular Hbond substituents is 1. The third-order valence-electron chi connectivity index (χ3n) is 14.8. The summed E-state index contributed by atoms with van der Waals surface area (Å²) in [7, 11) is 0. The van der Waals surface area contributed by atoms with E-state index < -0.39 is 5.41 Å². The fourth-order valence-electron chi connectivity index (χ4n) is 10.4. The first kappa shape index (κ1) is 49.5. The second-order valence-corrected chi connectivity index (χ2v) is 23.2. The van der Waals surface area contributed by atoms with Crippen LogP contribution in [0, 0.1) is 6.07 Å². The molecule has 11 rings (SSSR count). The standard InChI is InChI=1S/C67H62N3O2.Pt/c1-64(2,3)47-29-30-55(51(38-47)41-21-14-12-15-22-41)70-56-28-20-27-50(61(56)69-63(70)53-39-48(65(4,5)6)40-54(62(53)71)66(7,8)9)44-33-45(35-49(34-44)67(10,11)46-25-16-13-17-26-46)60-59-52-36-42-23-18-19-24-43(42)37-58(52)72-57(59)31-32-68-60;/h12-32,34-40,71H,1-11H3;/q-1;. The zero-order valence-corrected chi connectivity index (χ0v) is 46.0. The van der Waals surface area contributed by atoms with Gasteiger partial charge in [0.2, 0.25) is 0 Å². The molecule has 0 saturated heterocycles. The minimum absolute atomic E-state index is 0. The third-order valence-corrected chi connectivity index (χ3v) is 14.8. The maximum atomic E-state index is 12.7. The predicted octanol–water partition coefficient (Wildman–Crippen LogP) is 17.9. The van der Waals surface area contributed by atoms with E-state index in [0.717, 1.165) is 99.6 Å². The predicted molar refractivity (Wildman–Crippen MR) is 301 cm³/mol. The van der Waals surface area contributed by atoms with Gasteiger partial charge in [-0.2, -0.15) is 0 Å². The Balaban J connectivity index is 0.00000611. The molecule has 3 heterocycles. The van der Waals surface area contributed by atoms with Crippen molar-refractivity contribution >= 4 is 43.7 Å². The normalized spacial score (nSPS) is 12.5. The number of benzene rings is 8. The number of furan rings is 1. The first-order valence-corrected chi connectivity index (χ1v) is 25.2. The Labute approximate surface area is 444 Å². The first-order valence-electron chi connectivity index (χ1n) is 25.2. The van der Waals surface area contributed by atoms with Crippen LogP contribution in [0.4, 0.5) is 0 Å². The molecule has 11 aromatic rings. The maximum Gasteiger partial charge on any atom is 0.148 e. The fourth-order valence-corrected chi connectivity index (χ4v) is 10.4. The van der Waals surface area contributed by atoms with E-state index in [1.807, 2.05) is 12.3 Å². The van der Waals surface area contributed by atoms with E-state index in [-0.39, 0.29) is 43.1 Å². The van der Waals surface area contributed by atoms with Gasteiger partial charge >= 0.3 is 0 Å². The molecule has 0 fully saturated rings. The van der Waals surface area contributed by atoms with Gasteiger partial charge in [0.05, 0.1) is 22.3 Å². The van der Waals surface area contributed by atoms with E-state index in [9.17, 15) is 5.11 Å². The van der Waals surface area contributed by atoms with Gasteiger partial charge in [0.15, 0.2) is 0 Å². The molecule has 3 aromatic heterocycles. The van der Waals surface area contributed by atoms with Crippen molar-refractivity contribution < 1.29 is 30.6 Å². The molecule has 0 radical (unpaired) electrons. The monoisotopic (exact) mass is 1140 g/mol. The van der Waals surface area contributed by atoms with E-state index in [1.165, 1.54) is 11.1 Å². The second kappa shape index (κ2) is 18.1. The van der Waals surface area contributed by atoms with Crippen molar-refractivity contribution in [2.45, 2.75) is 97.8 Å². The Morgan fingerprint density at radius 1 is 0.521 bits per heavy atom. The minimum Gasteiger partial charge on any atom is -0.507 e. The summed E-state index contributed by atoms with van der Waals surface area (Å²) in [6.45, 7) is 24.6. The van der Waals surface area contributed by atoms with Crippen molar-refractivity contribution in [2.75, 3.05) is 0 Å². The number of hydrogen-bond acceptors (Lipinski definition) is 4. The topological polar surface area (TPSA) is 64.1 Å². The van der Waals surface area contributed by atoms with Crippen molar-refractivity contribution in [3.05, 3.63) is 204 Å². The summed E-state index contributed by atoms with van der Waals surface area (Å²) >= 11 is 0. The van der Waals surface area contributed by atoms with Gasteiger partial charge in [-0.1, -0.05) is 196 Å².